The molecule has 0 saturated carbocycles. The van der Waals surface area contributed by atoms with Gasteiger partial charge in [0.15, 0.2) is 0 Å². The number of nitrogens with one attached hydrogen (secondary N) is 1. The first-order chi connectivity index (χ1) is 15.0. The summed E-state index contributed by atoms with van der Waals surface area (Å²) in [5.41, 5.74) is 3.91. The summed E-state index contributed by atoms with van der Waals surface area (Å²) in [6.45, 7) is 6.31. The van der Waals surface area contributed by atoms with E-state index in [0.717, 1.165) is 50.1 Å². The molecule has 0 bridgehead atoms. The van der Waals surface area contributed by atoms with E-state index in [1.54, 1.807) is 0 Å². The number of fused-ring (bicyclic) bond motifs is 2. The average Bonchev–Trinajstić information content (AvgIpc) is 2.79. The summed E-state index contributed by atoms with van der Waals surface area (Å²) in [6.07, 6.45) is 7.41. The third-order valence-corrected chi connectivity index (χ3v) is 5.32. The third-order valence-electron chi connectivity index (χ3n) is 5.32. The lowest BCUT2D eigenvalue weighted by Crippen LogP contribution is -2.15. The van der Waals surface area contributed by atoms with Crippen molar-refractivity contribution in [1.29, 1.82) is 0 Å². The summed E-state index contributed by atoms with van der Waals surface area (Å²) < 4.78 is 0. The van der Waals surface area contributed by atoms with Crippen molar-refractivity contribution >= 4 is 33.2 Å². The van der Waals surface area contributed by atoms with Gasteiger partial charge in [0.1, 0.15) is 11.6 Å². The Labute approximate surface area is 181 Å². The molecule has 0 atom stereocenters. The molecule has 0 saturated heterocycles. The molecule has 1 N–H and O–H groups in total. The van der Waals surface area contributed by atoms with Crippen LogP contribution in [0.1, 0.15) is 26.6 Å². The summed E-state index contributed by atoms with van der Waals surface area (Å²) in [5.74, 6) is 1.60. The van der Waals surface area contributed by atoms with Gasteiger partial charge in [0, 0.05) is 34.1 Å². The van der Waals surface area contributed by atoms with Crippen LogP contribution in [0.3, 0.4) is 0 Å². The van der Waals surface area contributed by atoms with E-state index in [1.807, 2.05) is 49.1 Å². The fraction of sp³-hybridized carbons (Fsp3) is 0.154. The number of nitrogens with zero attached hydrogens (tertiary/aromatic N) is 4. The predicted molar refractivity (Wildman–Crippen MR) is 126 cm³/mol. The quantitative estimate of drug-likeness (QED) is 0.383. The average molecular weight is 406 g/mol. The zero-order valence-corrected chi connectivity index (χ0v) is 17.8. The molecule has 0 aliphatic carbocycles. The molecule has 0 radical (unpaired) electrons. The zero-order chi connectivity index (χ0) is 21.4. The molecule has 0 fully saturated rings. The number of hydrogen-bond acceptors (Lipinski definition) is 5. The van der Waals surface area contributed by atoms with Crippen LogP contribution in [0.15, 0.2) is 79.4 Å². The van der Waals surface area contributed by atoms with Gasteiger partial charge < -0.3 is 5.32 Å². The summed E-state index contributed by atoms with van der Waals surface area (Å²) in [7, 11) is 0. The van der Waals surface area contributed by atoms with Crippen molar-refractivity contribution in [2.24, 2.45) is 0 Å². The van der Waals surface area contributed by atoms with Crippen molar-refractivity contribution in [2.45, 2.75) is 26.2 Å². The molecule has 3 aromatic heterocycles. The van der Waals surface area contributed by atoms with Crippen molar-refractivity contribution in [3.8, 4) is 11.1 Å². The van der Waals surface area contributed by atoms with Gasteiger partial charge in [0.2, 0.25) is 0 Å². The van der Waals surface area contributed by atoms with Gasteiger partial charge >= 0.3 is 0 Å². The fourth-order valence-electron chi connectivity index (χ4n) is 3.75. The third kappa shape index (κ3) is 3.59. The Balaban J connectivity index is 1.60. The highest BCUT2D eigenvalue weighted by Gasteiger charge is 2.17. The minimum atomic E-state index is -0.0849. The van der Waals surface area contributed by atoms with E-state index < -0.39 is 0 Å². The van der Waals surface area contributed by atoms with Gasteiger partial charge in [0.05, 0.1) is 23.6 Å². The second kappa shape index (κ2) is 7.43. The summed E-state index contributed by atoms with van der Waals surface area (Å²) in [5, 5.41) is 6.68. The Bertz CT molecular complexity index is 1380. The Morgan fingerprint density at radius 3 is 2.06 bits per heavy atom. The maximum absolute atomic E-state index is 4.77. The Morgan fingerprint density at radius 1 is 0.645 bits per heavy atom. The van der Waals surface area contributed by atoms with E-state index in [0.29, 0.717) is 0 Å². The molecule has 0 unspecified atom stereocenters. The molecule has 0 aliphatic heterocycles. The van der Waals surface area contributed by atoms with E-state index in [9.17, 15) is 0 Å². The van der Waals surface area contributed by atoms with Crippen molar-refractivity contribution in [3.05, 3.63) is 85.2 Å². The minimum Gasteiger partial charge on any atom is -0.337 e. The number of para-hydroxylation sites is 1. The van der Waals surface area contributed by atoms with Crippen molar-refractivity contribution in [1.82, 2.24) is 19.9 Å². The van der Waals surface area contributed by atoms with Gasteiger partial charge in [-0.3, -0.25) is 4.98 Å². The van der Waals surface area contributed by atoms with Crippen LogP contribution in [0.4, 0.5) is 11.5 Å². The first-order valence-corrected chi connectivity index (χ1v) is 10.3. The molecule has 3 heterocycles. The lowest BCUT2D eigenvalue weighted by Gasteiger charge is -2.17. The van der Waals surface area contributed by atoms with Crippen LogP contribution in [0.2, 0.25) is 0 Å². The van der Waals surface area contributed by atoms with Crippen LogP contribution in [0, 0.1) is 0 Å². The van der Waals surface area contributed by atoms with Gasteiger partial charge in [-0.15, -0.1) is 0 Å². The van der Waals surface area contributed by atoms with Crippen LogP contribution < -0.4 is 5.32 Å². The summed E-state index contributed by atoms with van der Waals surface area (Å²) in [6, 6.07) is 18.5. The molecule has 5 aromatic rings. The Kier molecular flexibility index (Phi) is 4.59. The highest BCUT2D eigenvalue weighted by molar-refractivity contribution is 6.07. The van der Waals surface area contributed by atoms with Gasteiger partial charge in [-0.2, -0.15) is 0 Å². The molecule has 0 aliphatic rings. The second-order valence-electron chi connectivity index (χ2n) is 8.61. The van der Waals surface area contributed by atoms with Crippen LogP contribution in [0.25, 0.3) is 32.8 Å². The van der Waals surface area contributed by atoms with Gasteiger partial charge in [-0.05, 0) is 23.1 Å². The first kappa shape index (κ1) is 19.1. The number of rotatable bonds is 3. The van der Waals surface area contributed by atoms with E-state index >= 15 is 0 Å². The smallest absolute Gasteiger partial charge is 0.138 e. The standard InChI is InChI=1S/C26H23N5/c1-26(2,3)25-29-14-17(15-30-25)31-24-21-10-5-4-8-18(21)22(16-28-24)19-12-13-27-23-11-7-6-9-20(19)23/h4-16H,1-3H3,(H,28,31). The molecule has 0 spiro atoms. The normalized spacial score (nSPS) is 11.7. The highest BCUT2D eigenvalue weighted by atomic mass is 15.0. The van der Waals surface area contributed by atoms with Crippen LogP contribution in [0.5, 0.6) is 0 Å². The van der Waals surface area contributed by atoms with E-state index in [1.165, 1.54) is 0 Å². The molecule has 5 nitrogen and oxygen atoms in total. The molecule has 5 heteroatoms. The van der Waals surface area contributed by atoms with E-state index in [4.69, 9.17) is 4.98 Å². The highest BCUT2D eigenvalue weighted by Crippen LogP contribution is 2.35. The fourth-order valence-corrected chi connectivity index (χ4v) is 3.75. The molecule has 152 valence electrons. The Morgan fingerprint density at radius 2 is 1.32 bits per heavy atom. The van der Waals surface area contributed by atoms with Crippen LogP contribution in [-0.4, -0.2) is 19.9 Å². The van der Waals surface area contributed by atoms with Gasteiger partial charge in [0.25, 0.3) is 0 Å². The van der Waals surface area contributed by atoms with Gasteiger partial charge in [-0.1, -0.05) is 63.2 Å². The second-order valence-corrected chi connectivity index (χ2v) is 8.61. The maximum Gasteiger partial charge on any atom is 0.138 e. The summed E-state index contributed by atoms with van der Waals surface area (Å²) >= 11 is 0. The molecule has 2 aromatic carbocycles. The molecular weight excluding hydrogens is 382 g/mol. The topological polar surface area (TPSA) is 63.6 Å². The van der Waals surface area contributed by atoms with E-state index in [-0.39, 0.29) is 5.41 Å². The SMILES string of the molecule is CC(C)(C)c1ncc(Nc2ncc(-c3ccnc4ccccc34)c3ccccc23)cn1. The van der Waals surface area contributed by atoms with Crippen molar-refractivity contribution < 1.29 is 0 Å². The molecule has 5 rings (SSSR count). The summed E-state index contributed by atoms with van der Waals surface area (Å²) in [4.78, 5) is 18.3. The van der Waals surface area contributed by atoms with Crippen LogP contribution >= 0.6 is 0 Å². The number of pyridine rings is 2. The Hall–Kier alpha value is -3.86. The molecule has 31 heavy (non-hydrogen) atoms. The van der Waals surface area contributed by atoms with Crippen molar-refractivity contribution in [3.63, 3.8) is 0 Å². The van der Waals surface area contributed by atoms with Crippen molar-refractivity contribution in [2.75, 3.05) is 5.32 Å². The maximum atomic E-state index is 4.77. The number of aromatic nitrogens is 4. The molecular formula is C26H23N5. The van der Waals surface area contributed by atoms with E-state index in [2.05, 4.69) is 71.4 Å². The predicted octanol–water partition coefficient (Wildman–Crippen LogP) is 6.28. The lowest BCUT2D eigenvalue weighted by atomic mass is 9.96. The zero-order valence-electron chi connectivity index (χ0n) is 17.8. The van der Waals surface area contributed by atoms with Crippen LogP contribution in [-0.2, 0) is 5.41 Å². The number of anilines is 2. The first-order valence-electron chi connectivity index (χ1n) is 10.3. The number of benzene rings is 2. The monoisotopic (exact) mass is 405 g/mol. The minimum absolute atomic E-state index is 0.0849. The number of hydrogen-bond donors (Lipinski definition) is 1. The molecule has 0 amide bonds. The van der Waals surface area contributed by atoms with Gasteiger partial charge in [-0.25, -0.2) is 15.0 Å². The largest absolute Gasteiger partial charge is 0.337 e. The lowest BCUT2D eigenvalue weighted by molar-refractivity contribution is 0.545.